The minimum absolute atomic E-state index is 0.0548. The second-order valence-corrected chi connectivity index (χ2v) is 5.08. The zero-order chi connectivity index (χ0) is 15.9. The molecule has 0 radical (unpaired) electrons. The minimum Gasteiger partial charge on any atom is -0.494 e. The molecule has 1 heterocycles. The number of ether oxygens (including phenoxy) is 2. The standard InChI is InChI=1S/C16H21NO5/c1-2-21-13-6-4-3-5-12(13)7-8-15(18)17-9-10-22-14(11-17)16(19)20/h3-6,14H,2,7-11H2,1H3,(H,19,20). The van der Waals surface area contributed by atoms with Gasteiger partial charge in [0.05, 0.1) is 19.8 Å². The predicted octanol–water partition coefficient (Wildman–Crippen LogP) is 1.33. The maximum Gasteiger partial charge on any atom is 0.334 e. The van der Waals surface area contributed by atoms with Gasteiger partial charge < -0.3 is 19.5 Å². The molecule has 0 bridgehead atoms. The van der Waals surface area contributed by atoms with Gasteiger partial charge in [-0.25, -0.2) is 4.79 Å². The summed E-state index contributed by atoms with van der Waals surface area (Å²) in [5.74, 6) is -0.289. The Labute approximate surface area is 129 Å². The zero-order valence-corrected chi connectivity index (χ0v) is 12.7. The molecule has 0 spiro atoms. The van der Waals surface area contributed by atoms with Crippen molar-refractivity contribution in [3.63, 3.8) is 0 Å². The molecule has 1 aromatic carbocycles. The van der Waals surface area contributed by atoms with Crippen molar-refractivity contribution in [2.24, 2.45) is 0 Å². The number of amides is 1. The molecule has 1 aliphatic rings. The lowest BCUT2D eigenvalue weighted by atomic mass is 10.1. The smallest absolute Gasteiger partial charge is 0.334 e. The molecule has 1 amide bonds. The largest absolute Gasteiger partial charge is 0.494 e. The predicted molar refractivity (Wildman–Crippen MR) is 79.9 cm³/mol. The Morgan fingerprint density at radius 2 is 2.18 bits per heavy atom. The fourth-order valence-electron chi connectivity index (χ4n) is 2.43. The van der Waals surface area contributed by atoms with E-state index in [2.05, 4.69) is 0 Å². The number of carbonyl (C=O) groups excluding carboxylic acids is 1. The van der Waals surface area contributed by atoms with Crippen LogP contribution in [0.3, 0.4) is 0 Å². The summed E-state index contributed by atoms with van der Waals surface area (Å²) in [6.45, 7) is 3.31. The summed E-state index contributed by atoms with van der Waals surface area (Å²) in [4.78, 5) is 24.7. The van der Waals surface area contributed by atoms with Crippen molar-refractivity contribution in [1.29, 1.82) is 0 Å². The van der Waals surface area contributed by atoms with Gasteiger partial charge in [-0.05, 0) is 25.0 Å². The van der Waals surface area contributed by atoms with Crippen molar-refractivity contribution < 1.29 is 24.2 Å². The number of aliphatic carboxylic acids is 1. The number of benzene rings is 1. The molecule has 0 saturated carbocycles. The molecular formula is C16H21NO5. The molecule has 1 atom stereocenters. The van der Waals surface area contributed by atoms with Crippen LogP contribution in [0.25, 0.3) is 0 Å². The Bertz CT molecular complexity index is 531. The molecule has 22 heavy (non-hydrogen) atoms. The number of carbonyl (C=O) groups is 2. The van der Waals surface area contributed by atoms with Gasteiger partial charge >= 0.3 is 5.97 Å². The minimum atomic E-state index is -1.03. The number of hydrogen-bond donors (Lipinski definition) is 1. The molecular weight excluding hydrogens is 286 g/mol. The number of carboxylic acid groups (broad SMARTS) is 1. The van der Waals surface area contributed by atoms with Crippen molar-refractivity contribution >= 4 is 11.9 Å². The normalized spacial score (nSPS) is 18.0. The zero-order valence-electron chi connectivity index (χ0n) is 12.7. The Morgan fingerprint density at radius 3 is 2.91 bits per heavy atom. The lowest BCUT2D eigenvalue weighted by molar-refractivity contribution is -0.159. The topological polar surface area (TPSA) is 76.1 Å². The van der Waals surface area contributed by atoms with Crippen LogP contribution in [0.2, 0.25) is 0 Å². The molecule has 1 aromatic rings. The van der Waals surface area contributed by atoms with Gasteiger partial charge in [0.25, 0.3) is 0 Å². The summed E-state index contributed by atoms with van der Waals surface area (Å²) in [5, 5.41) is 8.96. The number of rotatable bonds is 6. The van der Waals surface area contributed by atoms with Crippen LogP contribution in [0.4, 0.5) is 0 Å². The first-order chi connectivity index (χ1) is 10.6. The summed E-state index contributed by atoms with van der Waals surface area (Å²) < 4.78 is 10.7. The third kappa shape index (κ3) is 4.21. The summed E-state index contributed by atoms with van der Waals surface area (Å²) in [7, 11) is 0. The van der Waals surface area contributed by atoms with Crippen molar-refractivity contribution in [3.05, 3.63) is 29.8 Å². The molecule has 120 valence electrons. The third-order valence-electron chi connectivity index (χ3n) is 3.58. The van der Waals surface area contributed by atoms with Gasteiger partial charge in [0.1, 0.15) is 5.75 Å². The highest BCUT2D eigenvalue weighted by Gasteiger charge is 2.28. The molecule has 6 nitrogen and oxygen atoms in total. The molecule has 6 heteroatoms. The monoisotopic (exact) mass is 307 g/mol. The van der Waals surface area contributed by atoms with Crippen LogP contribution >= 0.6 is 0 Å². The van der Waals surface area contributed by atoms with E-state index < -0.39 is 12.1 Å². The molecule has 0 aliphatic carbocycles. The lowest BCUT2D eigenvalue weighted by Crippen LogP contribution is -2.48. The summed E-state index contributed by atoms with van der Waals surface area (Å²) in [5.41, 5.74) is 0.987. The summed E-state index contributed by atoms with van der Waals surface area (Å²) in [6.07, 6.45) is -0.0195. The number of para-hydroxylation sites is 1. The number of carboxylic acids is 1. The van der Waals surface area contributed by atoms with E-state index >= 15 is 0 Å². The summed E-state index contributed by atoms with van der Waals surface area (Å²) in [6, 6.07) is 7.64. The van der Waals surface area contributed by atoms with E-state index in [4.69, 9.17) is 14.6 Å². The Balaban J connectivity index is 1.91. The van der Waals surface area contributed by atoms with E-state index in [1.165, 1.54) is 0 Å². The maximum absolute atomic E-state index is 12.2. The van der Waals surface area contributed by atoms with Crippen LogP contribution in [0.5, 0.6) is 5.75 Å². The lowest BCUT2D eigenvalue weighted by Gasteiger charge is -2.31. The van der Waals surface area contributed by atoms with Gasteiger partial charge in [-0.3, -0.25) is 4.79 Å². The number of hydrogen-bond acceptors (Lipinski definition) is 4. The van der Waals surface area contributed by atoms with Gasteiger partial charge in [0.2, 0.25) is 5.91 Å². The van der Waals surface area contributed by atoms with Crippen LogP contribution in [0, 0.1) is 0 Å². The molecule has 1 unspecified atom stereocenters. The highest BCUT2D eigenvalue weighted by Crippen LogP contribution is 2.20. The van der Waals surface area contributed by atoms with E-state index in [1.807, 2.05) is 31.2 Å². The van der Waals surface area contributed by atoms with Gasteiger partial charge in [-0.1, -0.05) is 18.2 Å². The van der Waals surface area contributed by atoms with Crippen LogP contribution in [0.1, 0.15) is 18.9 Å². The highest BCUT2D eigenvalue weighted by atomic mass is 16.5. The first-order valence-corrected chi connectivity index (χ1v) is 7.44. The van der Waals surface area contributed by atoms with E-state index in [-0.39, 0.29) is 19.1 Å². The van der Waals surface area contributed by atoms with Gasteiger partial charge in [0.15, 0.2) is 6.10 Å². The fourth-order valence-corrected chi connectivity index (χ4v) is 2.43. The third-order valence-corrected chi connectivity index (χ3v) is 3.58. The molecule has 1 aliphatic heterocycles. The second-order valence-electron chi connectivity index (χ2n) is 5.08. The van der Waals surface area contributed by atoms with Gasteiger partial charge in [-0.2, -0.15) is 0 Å². The van der Waals surface area contributed by atoms with E-state index in [0.29, 0.717) is 26.0 Å². The van der Waals surface area contributed by atoms with E-state index in [0.717, 1.165) is 11.3 Å². The molecule has 1 N–H and O–H groups in total. The van der Waals surface area contributed by atoms with Crippen molar-refractivity contribution in [1.82, 2.24) is 4.90 Å². The number of aryl methyl sites for hydroxylation is 1. The van der Waals surface area contributed by atoms with Crippen LogP contribution < -0.4 is 4.74 Å². The highest BCUT2D eigenvalue weighted by molar-refractivity contribution is 5.79. The Hall–Kier alpha value is -2.08. The fraction of sp³-hybridized carbons (Fsp3) is 0.500. The molecule has 1 saturated heterocycles. The van der Waals surface area contributed by atoms with E-state index in [9.17, 15) is 9.59 Å². The van der Waals surface area contributed by atoms with Crippen molar-refractivity contribution in [3.8, 4) is 5.75 Å². The van der Waals surface area contributed by atoms with Crippen LogP contribution in [-0.2, 0) is 20.7 Å². The van der Waals surface area contributed by atoms with Crippen LogP contribution in [-0.4, -0.2) is 54.3 Å². The maximum atomic E-state index is 12.2. The van der Waals surface area contributed by atoms with E-state index in [1.54, 1.807) is 4.90 Å². The molecule has 1 fully saturated rings. The molecule has 0 aromatic heterocycles. The second kappa shape index (κ2) is 7.79. The first-order valence-electron chi connectivity index (χ1n) is 7.44. The Kier molecular flexibility index (Phi) is 5.77. The first kappa shape index (κ1) is 16.3. The number of morpholine rings is 1. The quantitative estimate of drug-likeness (QED) is 0.858. The number of nitrogens with zero attached hydrogens (tertiary/aromatic N) is 1. The van der Waals surface area contributed by atoms with Gasteiger partial charge in [0, 0.05) is 13.0 Å². The Morgan fingerprint density at radius 1 is 1.41 bits per heavy atom. The van der Waals surface area contributed by atoms with Gasteiger partial charge in [-0.15, -0.1) is 0 Å². The SMILES string of the molecule is CCOc1ccccc1CCC(=O)N1CCOC(C(=O)O)C1. The van der Waals surface area contributed by atoms with Crippen molar-refractivity contribution in [2.75, 3.05) is 26.3 Å². The molecule has 2 rings (SSSR count). The van der Waals surface area contributed by atoms with Crippen molar-refractivity contribution in [2.45, 2.75) is 25.9 Å². The average molecular weight is 307 g/mol. The summed E-state index contributed by atoms with van der Waals surface area (Å²) >= 11 is 0. The van der Waals surface area contributed by atoms with Crippen LogP contribution in [0.15, 0.2) is 24.3 Å². The average Bonchev–Trinajstić information content (AvgIpc) is 2.54.